The van der Waals surface area contributed by atoms with Crippen LogP contribution < -0.4 is 15.4 Å². The van der Waals surface area contributed by atoms with Gasteiger partial charge in [-0.15, -0.1) is 11.8 Å². The van der Waals surface area contributed by atoms with Crippen molar-refractivity contribution in [1.29, 1.82) is 0 Å². The van der Waals surface area contributed by atoms with E-state index in [-0.39, 0.29) is 37.7 Å². The van der Waals surface area contributed by atoms with Gasteiger partial charge in [0.2, 0.25) is 11.8 Å². The number of ether oxygens (including phenoxy) is 5. The highest BCUT2D eigenvalue weighted by atomic mass is 32.2. The molecule has 2 N–H and O–H groups in total. The minimum Gasteiger partial charge on any atom is -0.497 e. The van der Waals surface area contributed by atoms with Crippen molar-refractivity contribution in [1.82, 2.24) is 10.6 Å². The Morgan fingerprint density at radius 1 is 1.05 bits per heavy atom. The van der Waals surface area contributed by atoms with Gasteiger partial charge >= 0.3 is 11.9 Å². The van der Waals surface area contributed by atoms with E-state index in [9.17, 15) is 19.2 Å². The van der Waals surface area contributed by atoms with Crippen LogP contribution in [0, 0.1) is 5.41 Å². The van der Waals surface area contributed by atoms with Crippen LogP contribution in [0.15, 0.2) is 24.3 Å². The number of carbonyl (C=O) groups excluding carboxylic acids is 4. The highest BCUT2D eigenvalue weighted by Gasteiger charge is 2.43. The molecule has 0 aliphatic carbocycles. The second-order valence-corrected chi connectivity index (χ2v) is 10.3. The second kappa shape index (κ2) is 14.8. The van der Waals surface area contributed by atoms with Crippen molar-refractivity contribution >= 4 is 35.5 Å². The number of thioether (sulfide) groups is 1. The van der Waals surface area contributed by atoms with Gasteiger partial charge in [0.1, 0.15) is 17.1 Å². The number of hydrogen-bond acceptors (Lipinski definition) is 10. The first kappa shape index (κ1) is 30.4. The van der Waals surface area contributed by atoms with E-state index >= 15 is 0 Å². The number of esters is 2. The fourth-order valence-electron chi connectivity index (χ4n) is 3.51. The number of nitrogens with one attached hydrogen (secondary N) is 2. The van der Waals surface area contributed by atoms with Crippen LogP contribution in [-0.2, 0) is 38.1 Å². The van der Waals surface area contributed by atoms with E-state index in [4.69, 9.17) is 18.9 Å². The molecule has 2 amide bonds. The van der Waals surface area contributed by atoms with E-state index in [1.807, 2.05) is 26.0 Å². The monoisotopic (exact) mass is 540 g/mol. The van der Waals surface area contributed by atoms with Gasteiger partial charge in [0.15, 0.2) is 6.29 Å². The lowest BCUT2D eigenvalue weighted by atomic mass is 9.85. The van der Waals surface area contributed by atoms with E-state index in [1.54, 1.807) is 19.2 Å². The zero-order valence-corrected chi connectivity index (χ0v) is 22.7. The molecule has 1 saturated heterocycles. The lowest BCUT2D eigenvalue weighted by Gasteiger charge is -2.41. The Balaban J connectivity index is 1.76. The van der Waals surface area contributed by atoms with Crippen molar-refractivity contribution in [3.8, 4) is 5.75 Å². The summed E-state index contributed by atoms with van der Waals surface area (Å²) in [5.74, 6) is -0.529. The third-order valence-electron chi connectivity index (χ3n) is 5.64. The van der Waals surface area contributed by atoms with Crippen molar-refractivity contribution in [2.45, 2.75) is 44.3 Å². The first-order chi connectivity index (χ1) is 17.6. The molecule has 1 fully saturated rings. The van der Waals surface area contributed by atoms with Crippen molar-refractivity contribution < 1.29 is 42.9 Å². The average molecular weight is 541 g/mol. The second-order valence-electron chi connectivity index (χ2n) is 8.97. The van der Waals surface area contributed by atoms with Gasteiger partial charge in [0.25, 0.3) is 0 Å². The predicted molar refractivity (Wildman–Crippen MR) is 136 cm³/mol. The van der Waals surface area contributed by atoms with Crippen molar-refractivity contribution in [3.05, 3.63) is 29.8 Å². The zero-order valence-electron chi connectivity index (χ0n) is 21.9. The molecule has 206 valence electrons. The summed E-state index contributed by atoms with van der Waals surface area (Å²) >= 11 is 1.19. The normalized spacial score (nSPS) is 19.3. The molecule has 1 aliphatic heterocycles. The molecule has 1 aromatic carbocycles. The smallest absolute Gasteiger partial charge is 0.319 e. The number of methoxy groups -OCH3 is 3. The topological polar surface area (TPSA) is 138 Å². The molecular weight excluding hydrogens is 504 g/mol. The van der Waals surface area contributed by atoms with Crippen LogP contribution >= 0.6 is 11.8 Å². The molecule has 1 heterocycles. The Morgan fingerprint density at radius 3 is 2.38 bits per heavy atom. The van der Waals surface area contributed by atoms with Crippen LogP contribution in [0.1, 0.15) is 38.5 Å². The van der Waals surface area contributed by atoms with E-state index in [2.05, 4.69) is 15.4 Å². The van der Waals surface area contributed by atoms with Gasteiger partial charge in [-0.25, -0.2) is 0 Å². The SMILES string of the molecule is COC(=O)CC(SCCNC(=O)CCNC(=O)[C@@H]1OC(c2ccc(OC)cc2)OCC1(C)C)C(=O)OC. The van der Waals surface area contributed by atoms with Gasteiger partial charge < -0.3 is 34.3 Å². The number of benzene rings is 1. The summed E-state index contributed by atoms with van der Waals surface area (Å²) in [5, 5.41) is 4.79. The van der Waals surface area contributed by atoms with E-state index < -0.39 is 35.0 Å². The van der Waals surface area contributed by atoms with E-state index in [0.29, 0.717) is 18.1 Å². The van der Waals surface area contributed by atoms with Crippen LogP contribution in [0.3, 0.4) is 0 Å². The van der Waals surface area contributed by atoms with Gasteiger partial charge in [0, 0.05) is 36.2 Å². The van der Waals surface area contributed by atoms with E-state index in [1.165, 1.54) is 26.0 Å². The first-order valence-corrected chi connectivity index (χ1v) is 12.9. The minimum absolute atomic E-state index is 0.0740. The average Bonchev–Trinajstić information content (AvgIpc) is 2.89. The van der Waals surface area contributed by atoms with Gasteiger partial charge in [0.05, 0.1) is 34.4 Å². The highest BCUT2D eigenvalue weighted by molar-refractivity contribution is 8.00. The van der Waals surface area contributed by atoms with Gasteiger partial charge in [-0.3, -0.25) is 19.2 Å². The fourth-order valence-corrected chi connectivity index (χ4v) is 4.50. The summed E-state index contributed by atoms with van der Waals surface area (Å²) in [4.78, 5) is 48.3. The van der Waals surface area contributed by atoms with Crippen LogP contribution in [0.2, 0.25) is 0 Å². The summed E-state index contributed by atoms with van der Waals surface area (Å²) in [6, 6.07) is 7.23. The largest absolute Gasteiger partial charge is 0.497 e. The van der Waals surface area contributed by atoms with Crippen molar-refractivity contribution in [2.75, 3.05) is 46.8 Å². The fraction of sp³-hybridized carbons (Fsp3) is 0.600. The first-order valence-electron chi connectivity index (χ1n) is 11.8. The molecule has 12 heteroatoms. The lowest BCUT2D eigenvalue weighted by molar-refractivity contribution is -0.258. The van der Waals surface area contributed by atoms with Gasteiger partial charge in [-0.2, -0.15) is 0 Å². The van der Waals surface area contributed by atoms with Crippen molar-refractivity contribution in [3.63, 3.8) is 0 Å². The Bertz CT molecular complexity index is 923. The minimum atomic E-state index is -0.766. The van der Waals surface area contributed by atoms with Crippen LogP contribution in [-0.4, -0.2) is 81.9 Å². The number of rotatable bonds is 13. The molecule has 0 spiro atoms. The van der Waals surface area contributed by atoms with Gasteiger partial charge in [-0.1, -0.05) is 26.0 Å². The Labute approximate surface area is 221 Å². The maximum absolute atomic E-state index is 12.9. The molecule has 3 atom stereocenters. The summed E-state index contributed by atoms with van der Waals surface area (Å²) in [6.45, 7) is 4.50. The summed E-state index contributed by atoms with van der Waals surface area (Å²) in [5.41, 5.74) is 0.208. The molecule has 37 heavy (non-hydrogen) atoms. The number of carbonyl (C=O) groups is 4. The quantitative estimate of drug-likeness (QED) is 0.280. The van der Waals surface area contributed by atoms with Crippen LogP contribution in [0.25, 0.3) is 0 Å². The van der Waals surface area contributed by atoms with Crippen molar-refractivity contribution in [2.24, 2.45) is 5.41 Å². The molecule has 2 unspecified atom stereocenters. The van der Waals surface area contributed by atoms with Crippen LogP contribution in [0.5, 0.6) is 5.75 Å². The Kier molecular flexibility index (Phi) is 12.2. The standard InChI is InChI=1S/C25H36N2O9S/c1-25(2)15-35-24(16-6-8-17(32-3)9-7-16)36-21(25)22(30)27-11-10-19(28)26-12-13-37-18(23(31)34-5)14-20(29)33-4/h6-9,18,21,24H,10-15H2,1-5H3,(H,26,28)(H,27,30)/t18?,21-,24?/m0/s1. The van der Waals surface area contributed by atoms with Gasteiger partial charge in [-0.05, 0) is 12.1 Å². The van der Waals surface area contributed by atoms with Crippen LogP contribution in [0.4, 0.5) is 0 Å². The Morgan fingerprint density at radius 2 is 1.76 bits per heavy atom. The molecule has 11 nitrogen and oxygen atoms in total. The number of amides is 2. The molecule has 0 aromatic heterocycles. The van der Waals surface area contributed by atoms with E-state index in [0.717, 1.165) is 5.56 Å². The number of hydrogen-bond donors (Lipinski definition) is 2. The summed E-state index contributed by atoms with van der Waals surface area (Å²) in [6.07, 6.45) is -1.50. The molecule has 0 radical (unpaired) electrons. The maximum atomic E-state index is 12.9. The predicted octanol–water partition coefficient (Wildman–Crippen LogP) is 1.60. The lowest BCUT2D eigenvalue weighted by Crippen LogP contribution is -2.52. The maximum Gasteiger partial charge on any atom is 0.319 e. The molecule has 0 saturated carbocycles. The molecule has 2 rings (SSSR count). The molecule has 0 bridgehead atoms. The Hall–Kier alpha value is -2.83. The summed E-state index contributed by atoms with van der Waals surface area (Å²) < 4.78 is 26.3. The zero-order chi connectivity index (χ0) is 27.4. The molecule has 1 aromatic rings. The molecular formula is C25H36N2O9S. The molecule has 1 aliphatic rings. The summed E-state index contributed by atoms with van der Waals surface area (Å²) in [7, 11) is 4.07. The third-order valence-corrected chi connectivity index (χ3v) is 6.84. The highest BCUT2D eigenvalue weighted by Crippen LogP contribution is 2.36. The third kappa shape index (κ3) is 9.52.